The van der Waals surface area contributed by atoms with E-state index >= 15 is 0 Å². The third kappa shape index (κ3) is 3.89. The van der Waals surface area contributed by atoms with Gasteiger partial charge in [-0.15, -0.1) is 0 Å². The highest BCUT2D eigenvalue weighted by Crippen LogP contribution is 2.20. The van der Waals surface area contributed by atoms with Gasteiger partial charge in [0.2, 0.25) is 5.95 Å². The fourth-order valence-electron chi connectivity index (χ4n) is 1.68. The molecule has 0 aliphatic carbocycles. The summed E-state index contributed by atoms with van der Waals surface area (Å²) in [6.07, 6.45) is 3.46. The SMILES string of the molecule is CC.CCc1cc(F)ncc1C(CC)NC. The van der Waals surface area contributed by atoms with Gasteiger partial charge in [-0.3, -0.25) is 0 Å². The molecular weight excluding hydrogens is 203 g/mol. The molecule has 0 bridgehead atoms. The molecule has 0 radical (unpaired) electrons. The summed E-state index contributed by atoms with van der Waals surface area (Å²) >= 11 is 0. The predicted molar refractivity (Wildman–Crippen MR) is 67.0 cm³/mol. The number of halogens is 1. The molecule has 1 aromatic heterocycles. The zero-order valence-corrected chi connectivity index (χ0v) is 11.0. The first-order valence-electron chi connectivity index (χ1n) is 6.04. The molecule has 1 rings (SSSR count). The third-order valence-electron chi connectivity index (χ3n) is 2.50. The summed E-state index contributed by atoms with van der Waals surface area (Å²) in [5.74, 6) is -0.392. The van der Waals surface area contributed by atoms with E-state index in [1.807, 2.05) is 27.8 Å². The van der Waals surface area contributed by atoms with Gasteiger partial charge in [0.05, 0.1) is 0 Å². The first kappa shape index (κ1) is 15.0. The van der Waals surface area contributed by atoms with Crippen LogP contribution in [0.25, 0.3) is 0 Å². The van der Waals surface area contributed by atoms with Crippen LogP contribution in [0.4, 0.5) is 4.39 Å². The number of hydrogen-bond acceptors (Lipinski definition) is 2. The van der Waals surface area contributed by atoms with E-state index in [0.29, 0.717) is 0 Å². The lowest BCUT2D eigenvalue weighted by molar-refractivity contribution is 0.550. The Kier molecular flexibility index (Phi) is 7.73. The van der Waals surface area contributed by atoms with Crippen molar-refractivity contribution in [3.8, 4) is 0 Å². The first-order valence-corrected chi connectivity index (χ1v) is 6.04. The van der Waals surface area contributed by atoms with Crippen molar-refractivity contribution in [1.82, 2.24) is 10.3 Å². The van der Waals surface area contributed by atoms with Crippen molar-refractivity contribution >= 4 is 0 Å². The predicted octanol–water partition coefficient (Wildman–Crippen LogP) is 3.48. The Hall–Kier alpha value is -0.960. The number of nitrogens with zero attached hydrogens (tertiary/aromatic N) is 1. The van der Waals surface area contributed by atoms with E-state index in [1.165, 1.54) is 6.07 Å². The Bertz CT molecular complexity index is 296. The fraction of sp³-hybridized carbons (Fsp3) is 0.615. The standard InChI is InChI=1S/C11H17FN2.C2H6/c1-4-8-6-11(12)14-7-9(8)10(5-2)13-3;1-2/h6-7,10,13H,4-5H2,1-3H3;1-2H3. The maximum Gasteiger partial charge on any atom is 0.213 e. The Labute approximate surface area is 98.3 Å². The lowest BCUT2D eigenvalue weighted by Gasteiger charge is -2.17. The molecule has 0 saturated carbocycles. The van der Waals surface area contributed by atoms with Gasteiger partial charge < -0.3 is 5.32 Å². The summed E-state index contributed by atoms with van der Waals surface area (Å²) in [6, 6.07) is 1.80. The zero-order chi connectivity index (χ0) is 12.6. The first-order chi connectivity index (χ1) is 7.72. The molecule has 1 heterocycles. The average Bonchev–Trinajstić information content (AvgIpc) is 2.34. The monoisotopic (exact) mass is 226 g/mol. The highest BCUT2D eigenvalue weighted by atomic mass is 19.1. The lowest BCUT2D eigenvalue weighted by atomic mass is 9.99. The van der Waals surface area contributed by atoms with Crippen LogP contribution in [-0.4, -0.2) is 12.0 Å². The maximum atomic E-state index is 12.9. The third-order valence-corrected chi connectivity index (χ3v) is 2.50. The fourth-order valence-corrected chi connectivity index (χ4v) is 1.68. The van der Waals surface area contributed by atoms with E-state index in [4.69, 9.17) is 0 Å². The molecule has 0 amide bonds. The lowest BCUT2D eigenvalue weighted by Crippen LogP contribution is -2.17. The summed E-state index contributed by atoms with van der Waals surface area (Å²) in [5, 5.41) is 3.20. The molecule has 1 unspecified atom stereocenters. The van der Waals surface area contributed by atoms with Gasteiger partial charge in [-0.1, -0.05) is 27.7 Å². The molecule has 0 aliphatic rings. The molecule has 16 heavy (non-hydrogen) atoms. The number of aryl methyl sites for hydroxylation is 1. The number of hydrogen-bond donors (Lipinski definition) is 1. The molecule has 92 valence electrons. The second-order valence-electron chi connectivity index (χ2n) is 3.31. The van der Waals surface area contributed by atoms with Crippen LogP contribution < -0.4 is 5.32 Å². The van der Waals surface area contributed by atoms with E-state index in [9.17, 15) is 4.39 Å². The van der Waals surface area contributed by atoms with Gasteiger partial charge in [-0.2, -0.15) is 4.39 Å². The van der Waals surface area contributed by atoms with Gasteiger partial charge >= 0.3 is 0 Å². The van der Waals surface area contributed by atoms with Crippen LogP contribution in [-0.2, 0) is 6.42 Å². The Morgan fingerprint density at radius 3 is 2.44 bits per heavy atom. The Balaban J connectivity index is 0.00000106. The summed E-state index contributed by atoms with van der Waals surface area (Å²) in [6.45, 7) is 8.13. The number of aromatic nitrogens is 1. The molecule has 1 N–H and O–H groups in total. The van der Waals surface area contributed by atoms with Crippen molar-refractivity contribution < 1.29 is 4.39 Å². The minimum Gasteiger partial charge on any atom is -0.313 e. The van der Waals surface area contributed by atoms with Gasteiger partial charge in [0, 0.05) is 12.2 Å². The highest BCUT2D eigenvalue weighted by molar-refractivity contribution is 5.26. The highest BCUT2D eigenvalue weighted by Gasteiger charge is 2.11. The molecule has 2 nitrogen and oxygen atoms in total. The van der Waals surface area contributed by atoms with Gasteiger partial charge in [-0.05, 0) is 37.1 Å². The second-order valence-corrected chi connectivity index (χ2v) is 3.31. The van der Waals surface area contributed by atoms with Crippen LogP contribution in [0.3, 0.4) is 0 Å². The molecular formula is C13H23FN2. The van der Waals surface area contributed by atoms with Crippen LogP contribution in [0, 0.1) is 5.95 Å². The minimum absolute atomic E-state index is 0.276. The van der Waals surface area contributed by atoms with Crippen molar-refractivity contribution in [2.75, 3.05) is 7.05 Å². The van der Waals surface area contributed by atoms with E-state index < -0.39 is 5.95 Å². The van der Waals surface area contributed by atoms with E-state index in [-0.39, 0.29) is 6.04 Å². The summed E-state index contributed by atoms with van der Waals surface area (Å²) in [4.78, 5) is 3.70. The van der Waals surface area contributed by atoms with E-state index in [0.717, 1.165) is 24.0 Å². The molecule has 0 aromatic carbocycles. The van der Waals surface area contributed by atoms with Crippen LogP contribution in [0.5, 0.6) is 0 Å². The average molecular weight is 226 g/mol. The van der Waals surface area contributed by atoms with Crippen LogP contribution in [0.1, 0.15) is 51.3 Å². The molecule has 1 atom stereocenters. The van der Waals surface area contributed by atoms with Crippen molar-refractivity contribution in [2.24, 2.45) is 0 Å². The van der Waals surface area contributed by atoms with E-state index in [1.54, 1.807) is 6.20 Å². The van der Waals surface area contributed by atoms with Gasteiger partial charge in [-0.25, -0.2) is 4.98 Å². The molecule has 1 aromatic rings. The minimum atomic E-state index is -0.392. The van der Waals surface area contributed by atoms with Crippen LogP contribution in [0.2, 0.25) is 0 Å². The molecule has 0 fully saturated rings. The van der Waals surface area contributed by atoms with Crippen molar-refractivity contribution in [2.45, 2.75) is 46.6 Å². The molecule has 0 aliphatic heterocycles. The summed E-state index contributed by atoms with van der Waals surface area (Å²) in [5.41, 5.74) is 2.15. The molecule has 3 heteroatoms. The smallest absolute Gasteiger partial charge is 0.213 e. The largest absolute Gasteiger partial charge is 0.313 e. The number of pyridine rings is 1. The van der Waals surface area contributed by atoms with Crippen LogP contribution >= 0.6 is 0 Å². The van der Waals surface area contributed by atoms with Crippen LogP contribution in [0.15, 0.2) is 12.3 Å². The van der Waals surface area contributed by atoms with Crippen molar-refractivity contribution in [3.63, 3.8) is 0 Å². The molecule has 0 saturated heterocycles. The number of rotatable bonds is 4. The van der Waals surface area contributed by atoms with Crippen molar-refractivity contribution in [1.29, 1.82) is 0 Å². The van der Waals surface area contributed by atoms with E-state index in [2.05, 4.69) is 17.2 Å². The Morgan fingerprint density at radius 2 is 2.00 bits per heavy atom. The second kappa shape index (κ2) is 8.22. The van der Waals surface area contributed by atoms with Crippen molar-refractivity contribution in [3.05, 3.63) is 29.3 Å². The maximum absolute atomic E-state index is 12.9. The number of nitrogens with one attached hydrogen (secondary N) is 1. The van der Waals surface area contributed by atoms with Gasteiger partial charge in [0.25, 0.3) is 0 Å². The Morgan fingerprint density at radius 1 is 1.38 bits per heavy atom. The molecule has 0 spiro atoms. The normalized spacial score (nSPS) is 11.6. The zero-order valence-electron chi connectivity index (χ0n) is 11.0. The summed E-state index contributed by atoms with van der Waals surface area (Å²) in [7, 11) is 1.91. The summed E-state index contributed by atoms with van der Waals surface area (Å²) < 4.78 is 12.9. The quantitative estimate of drug-likeness (QED) is 0.795. The topological polar surface area (TPSA) is 24.9 Å². The van der Waals surface area contributed by atoms with Gasteiger partial charge in [0.15, 0.2) is 0 Å². The van der Waals surface area contributed by atoms with Gasteiger partial charge in [0.1, 0.15) is 0 Å².